The number of carbonyl (C=O) groups is 1. The van der Waals surface area contributed by atoms with E-state index in [0.29, 0.717) is 23.8 Å². The molecule has 0 saturated carbocycles. The molecule has 0 saturated heterocycles. The Balaban J connectivity index is 1.83. The number of aryl methyl sites for hydroxylation is 3. The molecule has 0 atom stereocenters. The number of hydrogen-bond acceptors (Lipinski definition) is 4. The van der Waals surface area contributed by atoms with Gasteiger partial charge in [0.1, 0.15) is 5.75 Å². The van der Waals surface area contributed by atoms with E-state index < -0.39 is 0 Å². The number of carbonyl (C=O) groups excluding carboxylic acids is 1. The Hall–Kier alpha value is -3.61. The number of guanidine groups is 1. The monoisotopic (exact) mass is 433 g/mol. The molecule has 0 aliphatic carbocycles. The zero-order chi connectivity index (χ0) is 23.1. The molecule has 0 aliphatic heterocycles. The smallest absolute Gasteiger partial charge is 0.258 e. The number of anilines is 1. The summed E-state index contributed by atoms with van der Waals surface area (Å²) in [6, 6.07) is 15.0. The number of methoxy groups -OCH3 is 1. The van der Waals surface area contributed by atoms with Gasteiger partial charge in [0.25, 0.3) is 5.91 Å². The zero-order valence-corrected chi connectivity index (χ0v) is 19.4. The molecule has 0 radical (unpaired) electrons. The summed E-state index contributed by atoms with van der Waals surface area (Å²) in [7, 11) is 1.61. The molecule has 0 spiro atoms. The van der Waals surface area contributed by atoms with Gasteiger partial charge in [0.2, 0.25) is 5.96 Å². The number of para-hydroxylation sites is 2. The molecule has 7 heteroatoms. The zero-order valence-electron chi connectivity index (χ0n) is 19.4. The molecule has 0 aliphatic rings. The Morgan fingerprint density at radius 2 is 1.81 bits per heavy atom. The maximum atomic E-state index is 12.9. The Morgan fingerprint density at radius 3 is 2.50 bits per heavy atom. The number of hydrogen-bond donors (Lipinski definition) is 2. The Bertz CT molecular complexity index is 1120. The normalized spacial score (nSPS) is 11.3. The van der Waals surface area contributed by atoms with Crippen molar-refractivity contribution in [2.24, 2.45) is 4.99 Å². The van der Waals surface area contributed by atoms with E-state index in [0.717, 1.165) is 35.6 Å². The minimum Gasteiger partial charge on any atom is -0.495 e. The van der Waals surface area contributed by atoms with Gasteiger partial charge in [0, 0.05) is 24.3 Å². The maximum absolute atomic E-state index is 12.9. The van der Waals surface area contributed by atoms with Crippen molar-refractivity contribution in [3.63, 3.8) is 0 Å². The van der Waals surface area contributed by atoms with Gasteiger partial charge in [-0.25, -0.2) is 0 Å². The fourth-order valence-electron chi connectivity index (χ4n) is 3.67. The summed E-state index contributed by atoms with van der Waals surface area (Å²) in [5.41, 5.74) is 5.60. The minimum absolute atomic E-state index is 0.213. The lowest BCUT2D eigenvalue weighted by Crippen LogP contribution is -2.36. The molecule has 3 aromatic rings. The first kappa shape index (κ1) is 23.1. The predicted octanol–water partition coefficient (Wildman–Crippen LogP) is 4.28. The molecular formula is C25H31N5O2. The van der Waals surface area contributed by atoms with Crippen molar-refractivity contribution in [1.82, 2.24) is 15.1 Å². The van der Waals surface area contributed by atoms with Crippen molar-refractivity contribution in [3.8, 4) is 5.75 Å². The Morgan fingerprint density at radius 1 is 1.09 bits per heavy atom. The van der Waals surface area contributed by atoms with Crippen molar-refractivity contribution in [3.05, 3.63) is 76.6 Å². The number of nitrogens with one attached hydrogen (secondary N) is 2. The van der Waals surface area contributed by atoms with Crippen molar-refractivity contribution in [2.45, 2.75) is 40.7 Å². The van der Waals surface area contributed by atoms with E-state index in [1.54, 1.807) is 13.2 Å². The number of aliphatic imine (C=N–C) groups is 1. The van der Waals surface area contributed by atoms with Crippen molar-refractivity contribution in [2.75, 3.05) is 19.0 Å². The van der Waals surface area contributed by atoms with Crippen LogP contribution in [0.2, 0.25) is 0 Å². The third-order valence-corrected chi connectivity index (χ3v) is 5.44. The molecule has 7 nitrogen and oxygen atoms in total. The van der Waals surface area contributed by atoms with Crippen LogP contribution in [-0.2, 0) is 13.0 Å². The van der Waals surface area contributed by atoms with Crippen molar-refractivity contribution >= 4 is 17.6 Å². The average Bonchev–Trinajstić information content (AvgIpc) is 3.07. The van der Waals surface area contributed by atoms with E-state index in [2.05, 4.69) is 34.6 Å². The number of ether oxygens (including phenoxy) is 1. The highest BCUT2D eigenvalue weighted by molar-refractivity contribution is 6.10. The molecule has 168 valence electrons. The number of benzene rings is 2. The Kier molecular flexibility index (Phi) is 7.65. The predicted molar refractivity (Wildman–Crippen MR) is 129 cm³/mol. The lowest BCUT2D eigenvalue weighted by Gasteiger charge is -2.15. The molecular weight excluding hydrogens is 402 g/mol. The average molecular weight is 434 g/mol. The van der Waals surface area contributed by atoms with Gasteiger partial charge in [0.05, 0.1) is 18.5 Å². The second kappa shape index (κ2) is 10.6. The minimum atomic E-state index is -0.213. The fraction of sp³-hybridized carbons (Fsp3) is 0.320. The van der Waals surface area contributed by atoms with E-state index in [9.17, 15) is 4.79 Å². The van der Waals surface area contributed by atoms with Gasteiger partial charge < -0.3 is 10.1 Å². The molecule has 1 amide bonds. The molecule has 32 heavy (non-hydrogen) atoms. The highest BCUT2D eigenvalue weighted by Crippen LogP contribution is 2.23. The van der Waals surface area contributed by atoms with Crippen LogP contribution in [0.5, 0.6) is 5.75 Å². The van der Waals surface area contributed by atoms with Crippen LogP contribution in [0.1, 0.15) is 39.8 Å². The van der Waals surface area contributed by atoms with E-state index in [1.165, 1.54) is 5.56 Å². The van der Waals surface area contributed by atoms with Gasteiger partial charge in [-0.15, -0.1) is 0 Å². The van der Waals surface area contributed by atoms with Gasteiger partial charge in [-0.2, -0.15) is 5.10 Å². The van der Waals surface area contributed by atoms with Crippen LogP contribution in [0.3, 0.4) is 0 Å². The fourth-order valence-corrected chi connectivity index (χ4v) is 3.67. The molecule has 0 bridgehead atoms. The summed E-state index contributed by atoms with van der Waals surface area (Å²) >= 11 is 0. The van der Waals surface area contributed by atoms with Crippen LogP contribution in [0, 0.1) is 20.8 Å². The Labute approximate surface area is 189 Å². The molecule has 1 heterocycles. The van der Waals surface area contributed by atoms with E-state index in [-0.39, 0.29) is 5.91 Å². The van der Waals surface area contributed by atoms with Gasteiger partial charge in [0.15, 0.2) is 0 Å². The maximum Gasteiger partial charge on any atom is 0.258 e. The number of nitrogens with zero attached hydrogens (tertiary/aromatic N) is 3. The summed E-state index contributed by atoms with van der Waals surface area (Å²) in [4.78, 5) is 17.6. The van der Waals surface area contributed by atoms with Gasteiger partial charge in [-0.3, -0.25) is 19.8 Å². The van der Waals surface area contributed by atoms with E-state index in [4.69, 9.17) is 4.74 Å². The molecule has 1 aromatic heterocycles. The largest absolute Gasteiger partial charge is 0.495 e. The van der Waals surface area contributed by atoms with Crippen LogP contribution in [0.15, 0.2) is 53.5 Å². The van der Waals surface area contributed by atoms with Crippen LogP contribution in [0.25, 0.3) is 0 Å². The van der Waals surface area contributed by atoms with Crippen molar-refractivity contribution in [1.29, 1.82) is 0 Å². The van der Waals surface area contributed by atoms with Gasteiger partial charge in [-0.05, 0) is 63.4 Å². The third-order valence-electron chi connectivity index (χ3n) is 5.44. The first-order valence-corrected chi connectivity index (χ1v) is 10.8. The van der Waals surface area contributed by atoms with E-state index >= 15 is 0 Å². The second-order valence-electron chi connectivity index (χ2n) is 7.54. The topological polar surface area (TPSA) is 80.5 Å². The molecule has 0 unspecified atom stereocenters. The summed E-state index contributed by atoms with van der Waals surface area (Å²) in [5.74, 6) is 0.831. The number of rotatable bonds is 7. The van der Waals surface area contributed by atoms with Crippen LogP contribution >= 0.6 is 0 Å². The van der Waals surface area contributed by atoms with Crippen LogP contribution in [0.4, 0.5) is 5.69 Å². The summed E-state index contributed by atoms with van der Waals surface area (Å²) in [6.45, 7) is 9.43. The lowest BCUT2D eigenvalue weighted by molar-refractivity contribution is 0.0976. The van der Waals surface area contributed by atoms with Gasteiger partial charge >= 0.3 is 0 Å². The molecule has 3 rings (SSSR count). The first-order chi connectivity index (χ1) is 15.4. The standard InChI is InChI=1S/C25H31N5O2/c1-6-30-19(4)21(18(3)29-30)15-16-26-25(27-22-13-9-10-14-23(22)32-5)28-24(31)20-12-8-7-11-17(20)2/h7-14H,6,15-16H2,1-5H3,(H2,26,27,28,31). The summed E-state index contributed by atoms with van der Waals surface area (Å²) in [6.07, 6.45) is 0.731. The van der Waals surface area contributed by atoms with E-state index in [1.807, 2.05) is 61.0 Å². The lowest BCUT2D eigenvalue weighted by atomic mass is 10.1. The number of amides is 1. The SMILES string of the molecule is CCn1nc(C)c(CCN=C(NC(=O)c2ccccc2C)Nc2ccccc2OC)c1C. The second-order valence-corrected chi connectivity index (χ2v) is 7.54. The highest BCUT2D eigenvalue weighted by Gasteiger charge is 2.14. The summed E-state index contributed by atoms with van der Waals surface area (Å²) in [5, 5.41) is 10.7. The molecule has 0 fully saturated rings. The van der Waals surface area contributed by atoms with Crippen LogP contribution in [-0.4, -0.2) is 35.3 Å². The quantitative estimate of drug-likeness (QED) is 0.431. The van der Waals surface area contributed by atoms with Crippen molar-refractivity contribution < 1.29 is 9.53 Å². The highest BCUT2D eigenvalue weighted by atomic mass is 16.5. The molecule has 2 aromatic carbocycles. The van der Waals surface area contributed by atoms with Crippen LogP contribution < -0.4 is 15.4 Å². The first-order valence-electron chi connectivity index (χ1n) is 10.8. The molecule has 2 N–H and O–H groups in total. The van der Waals surface area contributed by atoms with Gasteiger partial charge in [-0.1, -0.05) is 30.3 Å². The summed E-state index contributed by atoms with van der Waals surface area (Å²) < 4.78 is 7.44. The number of aromatic nitrogens is 2. The third kappa shape index (κ3) is 5.35.